The van der Waals surface area contributed by atoms with Crippen molar-refractivity contribution in [3.8, 4) is 0 Å². The van der Waals surface area contributed by atoms with Crippen LogP contribution in [0.5, 0.6) is 0 Å². The minimum Gasteiger partial charge on any atom is -0.349 e. The molecule has 0 bridgehead atoms. The lowest BCUT2D eigenvalue weighted by atomic mass is 9.94. The second kappa shape index (κ2) is 6.62. The first-order valence-corrected chi connectivity index (χ1v) is 8.22. The number of thioether (sulfide) groups is 1. The molecule has 3 nitrogen and oxygen atoms in total. The van der Waals surface area contributed by atoms with Crippen molar-refractivity contribution in [2.45, 2.75) is 43.9 Å². The Morgan fingerprint density at radius 3 is 3.00 bits per heavy atom. The lowest BCUT2D eigenvalue weighted by Gasteiger charge is -2.28. The van der Waals surface area contributed by atoms with E-state index < -0.39 is 0 Å². The molecule has 0 aromatic carbocycles. The van der Waals surface area contributed by atoms with E-state index in [0.717, 1.165) is 18.5 Å². The molecule has 0 radical (unpaired) electrons. The van der Waals surface area contributed by atoms with Gasteiger partial charge in [0.15, 0.2) is 0 Å². The highest BCUT2D eigenvalue weighted by molar-refractivity contribution is 7.99. The first-order valence-electron chi connectivity index (χ1n) is 6.56. The van der Waals surface area contributed by atoms with E-state index in [0.29, 0.717) is 15.8 Å². The number of carbonyl (C=O) groups excluding carboxylic acids is 1. The molecule has 2 atom stereocenters. The van der Waals surface area contributed by atoms with Crippen LogP contribution in [0.4, 0.5) is 0 Å². The summed E-state index contributed by atoms with van der Waals surface area (Å²) in [7, 11) is 0. The van der Waals surface area contributed by atoms with Gasteiger partial charge in [-0.2, -0.15) is 11.8 Å². The summed E-state index contributed by atoms with van der Waals surface area (Å²) in [6.07, 6.45) is 8.22. The van der Waals surface area contributed by atoms with Crippen molar-refractivity contribution in [3.05, 3.63) is 28.5 Å². The molecule has 19 heavy (non-hydrogen) atoms. The van der Waals surface area contributed by atoms with E-state index >= 15 is 0 Å². The van der Waals surface area contributed by atoms with Crippen molar-refractivity contribution in [1.82, 2.24) is 10.3 Å². The molecular formula is C14H19ClN2OS. The third-order valence-electron chi connectivity index (χ3n) is 3.53. The van der Waals surface area contributed by atoms with Gasteiger partial charge in [-0.25, -0.2) is 0 Å². The first-order chi connectivity index (χ1) is 9.10. The van der Waals surface area contributed by atoms with Crippen molar-refractivity contribution < 1.29 is 4.79 Å². The zero-order valence-electron chi connectivity index (χ0n) is 11.3. The van der Waals surface area contributed by atoms with Gasteiger partial charge in [0.25, 0.3) is 5.91 Å². The average Bonchev–Trinajstić information content (AvgIpc) is 2.38. The molecule has 0 aliphatic heterocycles. The SMILES string of the molecule is CSC1CCCC(NC(=O)c2cnc(C)cc2Cl)C1. The van der Waals surface area contributed by atoms with Gasteiger partial charge in [0.2, 0.25) is 0 Å². The van der Waals surface area contributed by atoms with Crippen LogP contribution >= 0.6 is 23.4 Å². The Morgan fingerprint density at radius 2 is 2.32 bits per heavy atom. The molecule has 104 valence electrons. The molecule has 5 heteroatoms. The molecule has 1 aliphatic carbocycles. The monoisotopic (exact) mass is 298 g/mol. The summed E-state index contributed by atoms with van der Waals surface area (Å²) in [5.74, 6) is -0.107. The summed E-state index contributed by atoms with van der Waals surface area (Å²) in [6, 6.07) is 1.98. The molecular weight excluding hydrogens is 280 g/mol. The Labute approximate surface area is 123 Å². The number of rotatable bonds is 3. The normalized spacial score (nSPS) is 23.1. The van der Waals surface area contributed by atoms with Crippen LogP contribution in [0, 0.1) is 6.92 Å². The molecule has 2 rings (SSSR count). The van der Waals surface area contributed by atoms with E-state index in [1.54, 1.807) is 12.3 Å². The second-order valence-electron chi connectivity index (χ2n) is 5.00. The minimum absolute atomic E-state index is 0.107. The quantitative estimate of drug-likeness (QED) is 0.929. The van der Waals surface area contributed by atoms with E-state index in [4.69, 9.17) is 11.6 Å². The average molecular weight is 299 g/mol. The van der Waals surface area contributed by atoms with Crippen LogP contribution in [0.15, 0.2) is 12.3 Å². The molecule has 1 aromatic rings. The fraction of sp³-hybridized carbons (Fsp3) is 0.571. The molecule has 1 aliphatic rings. The third kappa shape index (κ3) is 3.86. The van der Waals surface area contributed by atoms with Gasteiger partial charge in [-0.1, -0.05) is 18.0 Å². The van der Waals surface area contributed by atoms with Crippen molar-refractivity contribution in [1.29, 1.82) is 0 Å². The molecule has 1 saturated carbocycles. The van der Waals surface area contributed by atoms with Crippen molar-refractivity contribution in [2.75, 3.05) is 6.26 Å². The first kappa shape index (κ1) is 14.7. The fourth-order valence-corrected chi connectivity index (χ4v) is 3.57. The summed E-state index contributed by atoms with van der Waals surface area (Å²) < 4.78 is 0. The van der Waals surface area contributed by atoms with Crippen LogP contribution in [-0.4, -0.2) is 28.4 Å². The number of carbonyl (C=O) groups is 1. The Bertz CT molecular complexity index is 467. The number of pyridine rings is 1. The molecule has 1 fully saturated rings. The Balaban J connectivity index is 2.00. The van der Waals surface area contributed by atoms with Gasteiger partial charge >= 0.3 is 0 Å². The van der Waals surface area contributed by atoms with Crippen LogP contribution in [0.1, 0.15) is 41.7 Å². The maximum Gasteiger partial charge on any atom is 0.254 e. The van der Waals surface area contributed by atoms with Gasteiger partial charge in [-0.15, -0.1) is 0 Å². The van der Waals surface area contributed by atoms with E-state index in [-0.39, 0.29) is 11.9 Å². The molecule has 2 unspecified atom stereocenters. The molecule has 1 heterocycles. The van der Waals surface area contributed by atoms with E-state index in [1.165, 1.54) is 12.8 Å². The van der Waals surface area contributed by atoms with Crippen LogP contribution < -0.4 is 5.32 Å². The van der Waals surface area contributed by atoms with Gasteiger partial charge in [-0.3, -0.25) is 9.78 Å². The van der Waals surface area contributed by atoms with Crippen molar-refractivity contribution >= 4 is 29.3 Å². The number of hydrogen-bond acceptors (Lipinski definition) is 3. The maximum absolute atomic E-state index is 12.2. The lowest BCUT2D eigenvalue weighted by Crippen LogP contribution is -2.39. The molecule has 1 aromatic heterocycles. The van der Waals surface area contributed by atoms with E-state index in [1.807, 2.05) is 18.7 Å². The minimum atomic E-state index is -0.107. The molecule has 0 spiro atoms. The Kier molecular flexibility index (Phi) is 5.11. The number of halogens is 1. The number of hydrogen-bond donors (Lipinski definition) is 1. The standard InChI is InChI=1S/C14H19ClN2OS/c1-9-6-13(15)12(8-16-9)14(18)17-10-4-3-5-11(7-10)19-2/h6,8,10-11H,3-5,7H2,1-2H3,(H,17,18). The largest absolute Gasteiger partial charge is 0.349 e. The highest BCUT2D eigenvalue weighted by Crippen LogP contribution is 2.27. The van der Waals surface area contributed by atoms with Crippen molar-refractivity contribution in [2.24, 2.45) is 0 Å². The van der Waals surface area contributed by atoms with Gasteiger partial charge in [0, 0.05) is 23.2 Å². The van der Waals surface area contributed by atoms with Gasteiger partial charge in [0.05, 0.1) is 10.6 Å². The zero-order chi connectivity index (χ0) is 13.8. The van der Waals surface area contributed by atoms with E-state index in [2.05, 4.69) is 16.6 Å². The summed E-state index contributed by atoms with van der Waals surface area (Å²) in [5, 5.41) is 4.22. The molecule has 0 saturated heterocycles. The Morgan fingerprint density at radius 1 is 1.53 bits per heavy atom. The topological polar surface area (TPSA) is 42.0 Å². The molecule has 1 N–H and O–H groups in total. The fourth-order valence-electron chi connectivity index (χ4n) is 2.45. The van der Waals surface area contributed by atoms with Gasteiger partial charge < -0.3 is 5.32 Å². The number of aryl methyl sites for hydroxylation is 1. The van der Waals surface area contributed by atoms with Gasteiger partial charge in [0.1, 0.15) is 0 Å². The Hall–Kier alpha value is -0.740. The summed E-state index contributed by atoms with van der Waals surface area (Å²) in [5.41, 5.74) is 1.29. The highest BCUT2D eigenvalue weighted by atomic mass is 35.5. The van der Waals surface area contributed by atoms with E-state index in [9.17, 15) is 4.79 Å². The number of amides is 1. The van der Waals surface area contributed by atoms with Crippen molar-refractivity contribution in [3.63, 3.8) is 0 Å². The zero-order valence-corrected chi connectivity index (χ0v) is 12.9. The summed E-state index contributed by atoms with van der Waals surface area (Å²) in [4.78, 5) is 16.3. The summed E-state index contributed by atoms with van der Waals surface area (Å²) in [6.45, 7) is 1.86. The number of nitrogens with one attached hydrogen (secondary N) is 1. The van der Waals surface area contributed by atoms with Crippen LogP contribution in [-0.2, 0) is 0 Å². The predicted octanol–water partition coefficient (Wildman–Crippen LogP) is 3.45. The number of aromatic nitrogens is 1. The summed E-state index contributed by atoms with van der Waals surface area (Å²) >= 11 is 7.98. The maximum atomic E-state index is 12.2. The highest BCUT2D eigenvalue weighted by Gasteiger charge is 2.23. The predicted molar refractivity (Wildman–Crippen MR) is 81.0 cm³/mol. The lowest BCUT2D eigenvalue weighted by molar-refractivity contribution is 0.0928. The number of nitrogens with zero attached hydrogens (tertiary/aromatic N) is 1. The third-order valence-corrected chi connectivity index (χ3v) is 4.94. The van der Waals surface area contributed by atoms with Crippen LogP contribution in [0.3, 0.4) is 0 Å². The van der Waals surface area contributed by atoms with Gasteiger partial charge in [-0.05, 0) is 38.5 Å². The van der Waals surface area contributed by atoms with Crippen LogP contribution in [0.2, 0.25) is 5.02 Å². The second-order valence-corrected chi connectivity index (χ2v) is 6.55. The smallest absolute Gasteiger partial charge is 0.254 e. The molecule has 1 amide bonds. The van der Waals surface area contributed by atoms with Crippen LogP contribution in [0.25, 0.3) is 0 Å².